The van der Waals surface area contributed by atoms with Gasteiger partial charge in [0.25, 0.3) is 0 Å². The fourth-order valence-corrected chi connectivity index (χ4v) is 2.58. The number of aliphatic hydroxyl groups is 1. The number of thioether (sulfide) groups is 1. The van der Waals surface area contributed by atoms with Crippen LogP contribution in [0.2, 0.25) is 0 Å². The lowest BCUT2D eigenvalue weighted by atomic mass is 10.1. The van der Waals surface area contributed by atoms with Gasteiger partial charge in [-0.1, -0.05) is 0 Å². The van der Waals surface area contributed by atoms with Crippen molar-refractivity contribution in [3.05, 3.63) is 11.8 Å². The zero-order chi connectivity index (χ0) is 10.1. The number of fused-ring (bicyclic) bond motifs is 1. The Morgan fingerprint density at radius 3 is 3.21 bits per heavy atom. The molecule has 0 aromatic rings. The van der Waals surface area contributed by atoms with Crippen LogP contribution in [-0.2, 0) is 14.3 Å². The molecule has 0 bridgehead atoms. The number of β-lactam (4-membered cyclic amide) rings is 1. The van der Waals surface area contributed by atoms with E-state index in [4.69, 9.17) is 5.11 Å². The Labute approximate surface area is 84.7 Å². The minimum absolute atomic E-state index is 0.0664. The van der Waals surface area contributed by atoms with Crippen LogP contribution in [0, 0.1) is 0 Å². The number of nitrogens with zero attached hydrogens (tertiary/aromatic N) is 1. The van der Waals surface area contributed by atoms with Gasteiger partial charge in [-0.15, -0.1) is 11.8 Å². The number of aliphatic hydroxyl groups excluding tert-OH is 1. The van der Waals surface area contributed by atoms with Gasteiger partial charge in [-0.25, -0.2) is 4.79 Å². The third-order valence-electron chi connectivity index (χ3n) is 2.14. The zero-order valence-electron chi connectivity index (χ0n) is 7.30. The Morgan fingerprint density at radius 2 is 2.57 bits per heavy atom. The summed E-state index contributed by atoms with van der Waals surface area (Å²) >= 11 is 1.61. The lowest BCUT2D eigenvalue weighted by Crippen LogP contribution is -2.53. The summed E-state index contributed by atoms with van der Waals surface area (Å²) in [5.74, 6) is -0.00111. The van der Waals surface area contributed by atoms with E-state index in [1.165, 1.54) is 4.90 Å². The monoisotopic (exact) mass is 215 g/mol. The second-order valence-electron chi connectivity index (χ2n) is 2.91. The molecule has 5 nitrogen and oxygen atoms in total. The first kappa shape index (κ1) is 9.54. The smallest absolute Gasteiger partial charge is 0.356 e. The number of esters is 1. The van der Waals surface area contributed by atoms with E-state index in [2.05, 4.69) is 4.74 Å². The van der Waals surface area contributed by atoms with Crippen molar-refractivity contribution in [3.63, 3.8) is 0 Å². The lowest BCUT2D eigenvalue weighted by Gasteiger charge is -2.42. The molecular weight excluding hydrogens is 206 g/mol. The SMILES string of the molecule is O=C(OCO)C1=CCS[C@@H]2CC(=O)N12. The third-order valence-corrected chi connectivity index (χ3v) is 3.26. The maximum absolute atomic E-state index is 11.3. The van der Waals surface area contributed by atoms with Gasteiger partial charge in [-0.05, 0) is 6.08 Å². The van der Waals surface area contributed by atoms with Crippen LogP contribution in [0.3, 0.4) is 0 Å². The number of carbonyl (C=O) groups excluding carboxylic acids is 2. The molecule has 2 aliphatic rings. The topological polar surface area (TPSA) is 66.8 Å². The fraction of sp³-hybridized carbons (Fsp3) is 0.500. The molecule has 0 radical (unpaired) electrons. The molecule has 1 fully saturated rings. The molecule has 14 heavy (non-hydrogen) atoms. The summed E-state index contributed by atoms with van der Waals surface area (Å²) in [5.41, 5.74) is 0.263. The van der Waals surface area contributed by atoms with Gasteiger partial charge >= 0.3 is 5.97 Å². The highest BCUT2D eigenvalue weighted by Crippen LogP contribution is 2.37. The second-order valence-corrected chi connectivity index (χ2v) is 4.12. The first-order valence-corrected chi connectivity index (χ1v) is 5.20. The van der Waals surface area contributed by atoms with Gasteiger partial charge in [-0.3, -0.25) is 9.69 Å². The Morgan fingerprint density at radius 1 is 1.79 bits per heavy atom. The third kappa shape index (κ3) is 1.40. The minimum Gasteiger partial charge on any atom is -0.434 e. The van der Waals surface area contributed by atoms with E-state index in [1.807, 2.05) is 0 Å². The van der Waals surface area contributed by atoms with E-state index >= 15 is 0 Å². The number of hydrogen-bond donors (Lipinski definition) is 1. The first-order valence-electron chi connectivity index (χ1n) is 4.16. The van der Waals surface area contributed by atoms with E-state index in [1.54, 1.807) is 17.8 Å². The molecule has 0 saturated carbocycles. The molecule has 0 aromatic heterocycles. The van der Waals surface area contributed by atoms with E-state index in [0.29, 0.717) is 12.2 Å². The van der Waals surface area contributed by atoms with Gasteiger partial charge in [0.05, 0.1) is 11.8 Å². The summed E-state index contributed by atoms with van der Waals surface area (Å²) in [6.07, 6.45) is 2.13. The highest BCUT2D eigenvalue weighted by atomic mass is 32.2. The summed E-state index contributed by atoms with van der Waals surface area (Å²) < 4.78 is 4.43. The molecule has 0 spiro atoms. The predicted molar refractivity (Wildman–Crippen MR) is 49.0 cm³/mol. The first-order chi connectivity index (χ1) is 6.74. The average molecular weight is 215 g/mol. The van der Waals surface area contributed by atoms with Gasteiger partial charge in [0.2, 0.25) is 5.91 Å². The van der Waals surface area contributed by atoms with Crippen molar-refractivity contribution in [2.75, 3.05) is 12.5 Å². The highest BCUT2D eigenvalue weighted by molar-refractivity contribution is 8.00. The van der Waals surface area contributed by atoms with Crippen LogP contribution in [0.5, 0.6) is 0 Å². The molecule has 1 amide bonds. The van der Waals surface area contributed by atoms with E-state index in [9.17, 15) is 9.59 Å². The van der Waals surface area contributed by atoms with Crippen LogP contribution in [0.15, 0.2) is 11.8 Å². The van der Waals surface area contributed by atoms with E-state index in [-0.39, 0.29) is 17.0 Å². The molecular formula is C8H9NO4S. The quantitative estimate of drug-likeness (QED) is 0.388. The van der Waals surface area contributed by atoms with Crippen molar-refractivity contribution in [3.8, 4) is 0 Å². The van der Waals surface area contributed by atoms with Gasteiger partial charge < -0.3 is 9.84 Å². The number of hydrogen-bond acceptors (Lipinski definition) is 5. The summed E-state index contributed by atoms with van der Waals surface area (Å²) in [6.45, 7) is -0.657. The van der Waals surface area contributed by atoms with Crippen molar-refractivity contribution in [2.24, 2.45) is 0 Å². The van der Waals surface area contributed by atoms with Gasteiger partial charge in [0.1, 0.15) is 5.70 Å². The van der Waals surface area contributed by atoms with E-state index in [0.717, 1.165) is 0 Å². The molecule has 0 aliphatic carbocycles. The van der Waals surface area contributed by atoms with Gasteiger partial charge in [0.15, 0.2) is 6.79 Å². The van der Waals surface area contributed by atoms with Gasteiger partial charge in [-0.2, -0.15) is 0 Å². The maximum atomic E-state index is 11.3. The van der Waals surface area contributed by atoms with Crippen molar-refractivity contribution in [2.45, 2.75) is 11.8 Å². The summed E-state index contributed by atoms with van der Waals surface area (Å²) in [6, 6.07) is 0. The Bertz CT molecular complexity index is 314. The molecule has 1 saturated heterocycles. The van der Waals surface area contributed by atoms with Crippen molar-refractivity contribution in [1.82, 2.24) is 4.90 Å². The summed E-state index contributed by atoms with van der Waals surface area (Å²) in [5, 5.41) is 8.50. The van der Waals surface area contributed by atoms with Crippen LogP contribution in [0.1, 0.15) is 6.42 Å². The Kier molecular flexibility index (Phi) is 2.47. The molecule has 2 heterocycles. The average Bonchev–Trinajstić information content (AvgIpc) is 2.16. The molecule has 0 unspecified atom stereocenters. The standard InChI is InChI=1S/C8H9NO4S/c10-4-13-8(12)5-1-2-14-7-3-6(11)9(5)7/h1,7,10H,2-4H2/t7-/m1/s1. The van der Waals surface area contributed by atoms with Crippen molar-refractivity contribution < 1.29 is 19.4 Å². The Balaban J connectivity index is 2.13. The van der Waals surface area contributed by atoms with Crippen molar-refractivity contribution >= 4 is 23.6 Å². The van der Waals surface area contributed by atoms with Crippen molar-refractivity contribution in [1.29, 1.82) is 0 Å². The second kappa shape index (κ2) is 3.62. The van der Waals surface area contributed by atoms with Gasteiger partial charge in [0, 0.05) is 5.75 Å². The largest absolute Gasteiger partial charge is 0.434 e. The molecule has 2 aliphatic heterocycles. The summed E-state index contributed by atoms with van der Waals surface area (Å²) in [7, 11) is 0. The van der Waals surface area contributed by atoms with Crippen LogP contribution in [-0.4, -0.2) is 39.8 Å². The zero-order valence-corrected chi connectivity index (χ0v) is 8.12. The van der Waals surface area contributed by atoms with E-state index < -0.39 is 12.8 Å². The van der Waals surface area contributed by atoms with Crippen LogP contribution in [0.4, 0.5) is 0 Å². The number of carbonyl (C=O) groups is 2. The number of ether oxygens (including phenoxy) is 1. The van der Waals surface area contributed by atoms with Crippen LogP contribution < -0.4 is 0 Å². The fourth-order valence-electron chi connectivity index (χ4n) is 1.46. The molecule has 1 N–H and O–H groups in total. The Hall–Kier alpha value is -1.01. The number of amides is 1. The summed E-state index contributed by atoms with van der Waals surface area (Å²) in [4.78, 5) is 23.9. The normalized spacial score (nSPS) is 24.9. The lowest BCUT2D eigenvalue weighted by molar-refractivity contribution is -0.154. The van der Waals surface area contributed by atoms with Crippen LogP contribution in [0.25, 0.3) is 0 Å². The molecule has 0 aromatic carbocycles. The number of rotatable bonds is 2. The molecule has 76 valence electrons. The highest BCUT2D eigenvalue weighted by Gasteiger charge is 2.43. The molecule has 6 heteroatoms. The molecule has 1 atom stereocenters. The van der Waals surface area contributed by atoms with Crippen LogP contribution >= 0.6 is 11.8 Å². The predicted octanol–water partition coefficient (Wildman–Crippen LogP) is -0.332. The molecule has 2 rings (SSSR count). The minimum atomic E-state index is -0.657. The maximum Gasteiger partial charge on any atom is 0.356 e.